The molecule has 10 nitrogen and oxygen atoms in total. The molecule has 42 heavy (non-hydrogen) atoms. The molecule has 3 aromatic carbocycles. The average molecular weight is 568 g/mol. The molecule has 0 aliphatic rings. The fourth-order valence-corrected chi connectivity index (χ4v) is 4.90. The standard InChI is InChI=1S/C32H37N7O3/c33-15-17-39(18-16-34)28(40)20-26(35)31(41)38-30(29(22-9-3-1-4-10-22)23-11-5-2-6-12-23)32(42)37-25-19-24-13-7-8-14-27(24)36-21-25/h1-14,19,21,26,29-30H,15-18,20,33-35H2,(H,37,42)(H,38,41). The lowest BCUT2D eigenvalue weighted by molar-refractivity contribution is -0.134. The Labute approximate surface area is 245 Å². The molecule has 1 aromatic heterocycles. The highest BCUT2D eigenvalue weighted by Gasteiger charge is 2.34. The van der Waals surface area contributed by atoms with Gasteiger partial charge in [0.2, 0.25) is 17.7 Å². The molecular formula is C32H37N7O3. The van der Waals surface area contributed by atoms with Crippen LogP contribution >= 0.6 is 0 Å². The maximum absolute atomic E-state index is 14.0. The number of amides is 3. The van der Waals surface area contributed by atoms with Crippen LogP contribution in [0.5, 0.6) is 0 Å². The fourth-order valence-electron chi connectivity index (χ4n) is 4.90. The van der Waals surface area contributed by atoms with Gasteiger partial charge in [-0.3, -0.25) is 19.4 Å². The third-order valence-corrected chi connectivity index (χ3v) is 6.97. The number of benzene rings is 3. The number of hydrogen-bond donors (Lipinski definition) is 5. The molecular weight excluding hydrogens is 530 g/mol. The molecule has 0 radical (unpaired) electrons. The first-order chi connectivity index (χ1) is 20.4. The molecule has 0 aliphatic carbocycles. The molecule has 0 fully saturated rings. The number of anilines is 1. The van der Waals surface area contributed by atoms with Crippen molar-refractivity contribution < 1.29 is 14.4 Å². The molecule has 0 spiro atoms. The minimum atomic E-state index is -1.19. The summed E-state index contributed by atoms with van der Waals surface area (Å²) in [6.45, 7) is 1.13. The van der Waals surface area contributed by atoms with E-state index in [4.69, 9.17) is 17.2 Å². The van der Waals surface area contributed by atoms with Crippen molar-refractivity contribution in [3.63, 3.8) is 0 Å². The van der Waals surface area contributed by atoms with Crippen molar-refractivity contribution >= 4 is 34.3 Å². The van der Waals surface area contributed by atoms with Crippen molar-refractivity contribution in [2.24, 2.45) is 17.2 Å². The van der Waals surface area contributed by atoms with Crippen LogP contribution in [-0.2, 0) is 14.4 Å². The largest absolute Gasteiger partial charge is 0.342 e. The molecule has 4 rings (SSSR count). The first-order valence-electron chi connectivity index (χ1n) is 13.9. The van der Waals surface area contributed by atoms with E-state index >= 15 is 0 Å². The highest BCUT2D eigenvalue weighted by Crippen LogP contribution is 2.29. The van der Waals surface area contributed by atoms with Crippen LogP contribution in [0.2, 0.25) is 0 Å². The number of nitrogens with one attached hydrogen (secondary N) is 2. The van der Waals surface area contributed by atoms with E-state index < -0.39 is 29.8 Å². The summed E-state index contributed by atoms with van der Waals surface area (Å²) in [5.74, 6) is -1.97. The number of carbonyl (C=O) groups is 3. The zero-order valence-corrected chi connectivity index (χ0v) is 23.4. The Morgan fingerprint density at radius 2 is 1.36 bits per heavy atom. The lowest BCUT2D eigenvalue weighted by Crippen LogP contribution is -2.54. The van der Waals surface area contributed by atoms with Crippen LogP contribution in [0.15, 0.2) is 97.2 Å². The van der Waals surface area contributed by atoms with Crippen molar-refractivity contribution in [3.05, 3.63) is 108 Å². The van der Waals surface area contributed by atoms with Gasteiger partial charge in [0.1, 0.15) is 6.04 Å². The molecule has 0 aliphatic heterocycles. The first kappa shape index (κ1) is 30.3. The summed E-state index contributed by atoms with van der Waals surface area (Å²) in [6, 6.07) is 26.0. The summed E-state index contributed by atoms with van der Waals surface area (Å²) in [6.07, 6.45) is 1.32. The first-order valence-corrected chi connectivity index (χ1v) is 13.9. The van der Waals surface area contributed by atoms with Gasteiger partial charge in [0.15, 0.2) is 0 Å². The number of nitrogens with zero attached hydrogens (tertiary/aromatic N) is 2. The molecule has 218 valence electrons. The summed E-state index contributed by atoms with van der Waals surface area (Å²) in [5.41, 5.74) is 20.4. The summed E-state index contributed by atoms with van der Waals surface area (Å²) in [4.78, 5) is 46.3. The van der Waals surface area contributed by atoms with Crippen molar-refractivity contribution in [2.45, 2.75) is 24.4 Å². The SMILES string of the molecule is NCCN(CCN)C(=O)CC(N)C(=O)NC(C(=O)Nc1cnc2ccccc2c1)C(c1ccccc1)c1ccccc1. The van der Waals surface area contributed by atoms with E-state index in [-0.39, 0.29) is 25.4 Å². The van der Waals surface area contributed by atoms with Crippen molar-refractivity contribution in [3.8, 4) is 0 Å². The van der Waals surface area contributed by atoms with E-state index in [0.29, 0.717) is 18.8 Å². The molecule has 3 amide bonds. The topological polar surface area (TPSA) is 169 Å². The van der Waals surface area contributed by atoms with Crippen LogP contribution in [-0.4, -0.2) is 65.9 Å². The predicted octanol–water partition coefficient (Wildman–Crippen LogP) is 1.95. The normalized spacial score (nSPS) is 12.5. The van der Waals surface area contributed by atoms with E-state index in [1.54, 1.807) is 6.20 Å². The highest BCUT2D eigenvalue weighted by atomic mass is 16.2. The lowest BCUT2D eigenvalue weighted by atomic mass is 9.84. The van der Waals surface area contributed by atoms with Gasteiger partial charge in [-0.15, -0.1) is 0 Å². The summed E-state index contributed by atoms with van der Waals surface area (Å²) < 4.78 is 0. The van der Waals surface area contributed by atoms with E-state index in [9.17, 15) is 14.4 Å². The van der Waals surface area contributed by atoms with Gasteiger partial charge >= 0.3 is 0 Å². The third kappa shape index (κ3) is 7.76. The number of para-hydroxylation sites is 1. The Morgan fingerprint density at radius 3 is 1.95 bits per heavy atom. The zero-order valence-electron chi connectivity index (χ0n) is 23.4. The van der Waals surface area contributed by atoms with Crippen LogP contribution in [0.3, 0.4) is 0 Å². The fraction of sp³-hybridized carbons (Fsp3) is 0.250. The van der Waals surface area contributed by atoms with Gasteiger partial charge in [-0.2, -0.15) is 0 Å². The van der Waals surface area contributed by atoms with Gasteiger partial charge < -0.3 is 32.7 Å². The minimum absolute atomic E-state index is 0.254. The molecule has 2 atom stereocenters. The number of rotatable bonds is 13. The number of aromatic nitrogens is 1. The monoisotopic (exact) mass is 567 g/mol. The molecule has 0 saturated heterocycles. The maximum Gasteiger partial charge on any atom is 0.247 e. The van der Waals surface area contributed by atoms with Crippen molar-refractivity contribution in [1.29, 1.82) is 0 Å². The number of fused-ring (bicyclic) bond motifs is 1. The molecule has 0 saturated carbocycles. The predicted molar refractivity (Wildman–Crippen MR) is 164 cm³/mol. The molecule has 0 bridgehead atoms. The highest BCUT2D eigenvalue weighted by molar-refractivity contribution is 6.00. The molecule has 10 heteroatoms. The Morgan fingerprint density at radius 1 is 0.786 bits per heavy atom. The molecule has 4 aromatic rings. The van der Waals surface area contributed by atoms with E-state index in [1.165, 1.54) is 4.90 Å². The quantitative estimate of drug-likeness (QED) is 0.164. The van der Waals surface area contributed by atoms with Crippen molar-refractivity contribution in [1.82, 2.24) is 15.2 Å². The average Bonchev–Trinajstić information content (AvgIpc) is 3.01. The number of pyridine rings is 1. The minimum Gasteiger partial charge on any atom is -0.342 e. The maximum atomic E-state index is 14.0. The number of carbonyl (C=O) groups excluding carboxylic acids is 3. The van der Waals surface area contributed by atoms with Gasteiger partial charge in [0, 0.05) is 37.5 Å². The van der Waals surface area contributed by atoms with Crippen molar-refractivity contribution in [2.75, 3.05) is 31.5 Å². The van der Waals surface area contributed by atoms with Crippen LogP contribution in [0, 0.1) is 0 Å². The second-order valence-electron chi connectivity index (χ2n) is 9.96. The van der Waals surface area contributed by atoms with Gasteiger partial charge in [-0.05, 0) is 23.3 Å². The second kappa shape index (κ2) is 14.8. The van der Waals surface area contributed by atoms with Crippen LogP contribution in [0.25, 0.3) is 10.9 Å². The molecule has 1 heterocycles. The lowest BCUT2D eigenvalue weighted by Gasteiger charge is -2.29. The van der Waals surface area contributed by atoms with Gasteiger partial charge in [-0.25, -0.2) is 0 Å². The van der Waals surface area contributed by atoms with E-state index in [1.807, 2.05) is 91.0 Å². The number of hydrogen-bond acceptors (Lipinski definition) is 7. The summed E-state index contributed by atoms with van der Waals surface area (Å²) in [5, 5.41) is 6.65. The van der Waals surface area contributed by atoms with E-state index in [2.05, 4.69) is 15.6 Å². The van der Waals surface area contributed by atoms with Gasteiger partial charge in [0.05, 0.1) is 29.9 Å². The summed E-state index contributed by atoms with van der Waals surface area (Å²) in [7, 11) is 0. The number of nitrogens with two attached hydrogens (primary N) is 3. The van der Waals surface area contributed by atoms with E-state index in [0.717, 1.165) is 22.0 Å². The summed E-state index contributed by atoms with van der Waals surface area (Å²) >= 11 is 0. The Hall–Kier alpha value is -4.64. The third-order valence-electron chi connectivity index (χ3n) is 6.97. The van der Waals surface area contributed by atoms with Crippen LogP contribution in [0.1, 0.15) is 23.5 Å². The van der Waals surface area contributed by atoms with Crippen LogP contribution in [0.4, 0.5) is 5.69 Å². The van der Waals surface area contributed by atoms with Gasteiger partial charge in [0.25, 0.3) is 0 Å². The second-order valence-corrected chi connectivity index (χ2v) is 9.96. The Bertz CT molecular complexity index is 1440. The zero-order chi connectivity index (χ0) is 29.9. The molecule has 8 N–H and O–H groups in total. The Kier molecular flexibility index (Phi) is 10.7. The van der Waals surface area contributed by atoms with Crippen LogP contribution < -0.4 is 27.8 Å². The van der Waals surface area contributed by atoms with Gasteiger partial charge in [-0.1, -0.05) is 78.9 Å². The molecule has 2 unspecified atom stereocenters. The Balaban J connectivity index is 1.65. The smallest absolute Gasteiger partial charge is 0.247 e.